The van der Waals surface area contributed by atoms with E-state index in [9.17, 15) is 18.0 Å². The van der Waals surface area contributed by atoms with Crippen molar-refractivity contribution >= 4 is 23.9 Å². The molecule has 0 saturated carbocycles. The van der Waals surface area contributed by atoms with Crippen LogP contribution in [-0.4, -0.2) is 27.3 Å². The van der Waals surface area contributed by atoms with E-state index in [1.54, 1.807) is 6.92 Å². The Balaban J connectivity index is 2.01. The van der Waals surface area contributed by atoms with Gasteiger partial charge in [-0.3, -0.25) is 4.79 Å². The molecule has 0 aliphatic carbocycles. The number of aryl methyl sites for hydroxylation is 2. The minimum atomic E-state index is -4.49. The number of nitrogens with zero attached hydrogens (tertiary/aromatic N) is 3. The predicted molar refractivity (Wildman–Crippen MR) is 94.0 cm³/mol. The molecule has 5 nitrogen and oxygen atoms in total. The van der Waals surface area contributed by atoms with Crippen molar-refractivity contribution in [2.75, 3.05) is 0 Å². The summed E-state index contributed by atoms with van der Waals surface area (Å²) in [5.74, 6) is -0.460. The fourth-order valence-corrected chi connectivity index (χ4v) is 2.95. The minimum absolute atomic E-state index is 0.127. The smallest absolute Gasteiger partial charge is 0.272 e. The summed E-state index contributed by atoms with van der Waals surface area (Å²) in [5, 5.41) is 3.53. The van der Waals surface area contributed by atoms with Crippen LogP contribution in [0.3, 0.4) is 0 Å². The van der Waals surface area contributed by atoms with Gasteiger partial charge in [-0.2, -0.15) is 18.3 Å². The van der Waals surface area contributed by atoms with Crippen LogP contribution in [-0.2, 0) is 11.0 Å². The van der Waals surface area contributed by atoms with Gasteiger partial charge in [-0.25, -0.2) is 15.4 Å². The van der Waals surface area contributed by atoms with Gasteiger partial charge in [0.1, 0.15) is 0 Å². The van der Waals surface area contributed by atoms with Crippen LogP contribution in [0.15, 0.2) is 40.6 Å². The van der Waals surface area contributed by atoms with Crippen molar-refractivity contribution in [3.63, 3.8) is 0 Å². The molecule has 0 fully saturated rings. The molecule has 9 heteroatoms. The Hall–Kier alpha value is -2.42. The summed E-state index contributed by atoms with van der Waals surface area (Å²) in [7, 11) is 0. The molecular weight excluding hydrogens is 365 g/mol. The third-order valence-electron chi connectivity index (χ3n) is 3.26. The molecule has 1 unspecified atom stereocenters. The number of hydrogen-bond donors (Lipinski definition) is 1. The third-order valence-corrected chi connectivity index (χ3v) is 4.22. The topological polar surface area (TPSA) is 67.2 Å². The lowest BCUT2D eigenvalue weighted by Gasteiger charge is -2.10. The maximum absolute atomic E-state index is 12.9. The molecule has 1 N–H and O–H groups in total. The molecule has 26 heavy (non-hydrogen) atoms. The van der Waals surface area contributed by atoms with Gasteiger partial charge in [0.05, 0.1) is 17.0 Å². The summed E-state index contributed by atoms with van der Waals surface area (Å²) in [5.41, 5.74) is 2.88. The van der Waals surface area contributed by atoms with E-state index < -0.39 is 22.9 Å². The van der Waals surface area contributed by atoms with Crippen molar-refractivity contribution in [3.8, 4) is 0 Å². The molecule has 2 aromatic rings. The van der Waals surface area contributed by atoms with E-state index in [1.807, 2.05) is 19.9 Å². The average Bonchev–Trinajstić information content (AvgIpc) is 2.53. The van der Waals surface area contributed by atoms with Crippen LogP contribution in [0.2, 0.25) is 0 Å². The maximum atomic E-state index is 12.9. The molecule has 1 atom stereocenters. The molecule has 0 spiro atoms. The van der Waals surface area contributed by atoms with Gasteiger partial charge in [-0.15, -0.1) is 0 Å². The number of amides is 1. The highest BCUT2D eigenvalue weighted by atomic mass is 32.2. The van der Waals surface area contributed by atoms with Gasteiger partial charge in [0.2, 0.25) is 0 Å². The summed E-state index contributed by atoms with van der Waals surface area (Å²) >= 11 is 1.15. The first-order valence-corrected chi connectivity index (χ1v) is 8.53. The molecule has 2 rings (SSSR count). The van der Waals surface area contributed by atoms with Gasteiger partial charge in [0.15, 0.2) is 5.16 Å². The molecule has 0 radical (unpaired) electrons. The first-order valence-electron chi connectivity index (χ1n) is 7.65. The molecule has 0 aliphatic heterocycles. The van der Waals surface area contributed by atoms with Crippen LogP contribution < -0.4 is 5.43 Å². The fourth-order valence-electron chi connectivity index (χ4n) is 2.08. The van der Waals surface area contributed by atoms with Crippen LogP contribution >= 0.6 is 11.8 Å². The third kappa shape index (κ3) is 5.55. The number of benzene rings is 1. The number of carbonyl (C=O) groups is 1. The Kier molecular flexibility index (Phi) is 6.36. The van der Waals surface area contributed by atoms with E-state index in [0.29, 0.717) is 5.16 Å². The molecule has 1 amide bonds. The van der Waals surface area contributed by atoms with E-state index in [4.69, 9.17) is 0 Å². The van der Waals surface area contributed by atoms with E-state index in [-0.39, 0.29) is 5.56 Å². The quantitative estimate of drug-likeness (QED) is 0.370. The first-order chi connectivity index (χ1) is 12.2. The summed E-state index contributed by atoms with van der Waals surface area (Å²) in [6, 6.07) is 6.81. The molecule has 1 aromatic heterocycles. The summed E-state index contributed by atoms with van der Waals surface area (Å²) in [6.07, 6.45) is -3.51. The molecule has 138 valence electrons. The van der Waals surface area contributed by atoms with Gasteiger partial charge < -0.3 is 0 Å². The number of nitrogens with one attached hydrogen (secondary N) is 1. The number of halogens is 3. The fraction of sp³-hybridized carbons (Fsp3) is 0.294. The lowest BCUT2D eigenvalue weighted by Crippen LogP contribution is -2.27. The Morgan fingerprint density at radius 2 is 1.85 bits per heavy atom. The number of hydrogen-bond acceptors (Lipinski definition) is 5. The van der Waals surface area contributed by atoms with E-state index in [1.165, 1.54) is 18.2 Å². The number of hydrazone groups is 1. The zero-order valence-corrected chi connectivity index (χ0v) is 15.1. The van der Waals surface area contributed by atoms with Crippen LogP contribution in [0, 0.1) is 13.8 Å². The average molecular weight is 382 g/mol. The Morgan fingerprint density at radius 1 is 1.23 bits per heavy atom. The van der Waals surface area contributed by atoms with Gasteiger partial charge in [0.25, 0.3) is 5.91 Å². The summed E-state index contributed by atoms with van der Waals surface area (Å²) in [4.78, 5) is 20.5. The number of aromatic nitrogens is 2. The Labute approximate surface area is 153 Å². The largest absolute Gasteiger partial charge is 0.417 e. The standard InChI is InChI=1S/C17H17F3N4OS/c1-10-8-11(2)23-16(22-10)26-12(3)15(25)24-21-9-13-6-4-5-7-14(13)17(18,19)20/h4-9,12H,1-3H3,(H,24,25). The minimum Gasteiger partial charge on any atom is -0.272 e. The van der Waals surface area contributed by atoms with Crippen LogP contribution in [0.25, 0.3) is 0 Å². The molecule has 1 heterocycles. The Morgan fingerprint density at radius 3 is 2.46 bits per heavy atom. The molecular formula is C17H17F3N4OS. The summed E-state index contributed by atoms with van der Waals surface area (Å²) in [6.45, 7) is 5.29. The monoisotopic (exact) mass is 382 g/mol. The van der Waals surface area contributed by atoms with Crippen LogP contribution in [0.1, 0.15) is 29.4 Å². The molecule has 0 saturated heterocycles. The first kappa shape index (κ1) is 19.9. The van der Waals surface area contributed by atoms with Gasteiger partial charge in [-0.1, -0.05) is 30.0 Å². The number of carbonyl (C=O) groups excluding carboxylic acids is 1. The van der Waals surface area contributed by atoms with Gasteiger partial charge in [-0.05, 0) is 32.9 Å². The second-order valence-corrected chi connectivity index (χ2v) is 6.82. The molecule has 0 bridgehead atoms. The molecule has 1 aromatic carbocycles. The second kappa shape index (κ2) is 8.31. The van der Waals surface area contributed by atoms with Crippen molar-refractivity contribution in [2.24, 2.45) is 5.10 Å². The van der Waals surface area contributed by atoms with Crippen LogP contribution in [0.4, 0.5) is 13.2 Å². The highest BCUT2D eigenvalue weighted by molar-refractivity contribution is 8.00. The van der Waals surface area contributed by atoms with E-state index in [0.717, 1.165) is 35.4 Å². The van der Waals surface area contributed by atoms with Gasteiger partial charge >= 0.3 is 6.18 Å². The lowest BCUT2D eigenvalue weighted by atomic mass is 10.1. The molecule has 0 aliphatic rings. The van der Waals surface area contributed by atoms with E-state index >= 15 is 0 Å². The highest BCUT2D eigenvalue weighted by Gasteiger charge is 2.32. The van der Waals surface area contributed by atoms with Crippen molar-refractivity contribution < 1.29 is 18.0 Å². The van der Waals surface area contributed by atoms with Crippen LogP contribution in [0.5, 0.6) is 0 Å². The number of rotatable bonds is 5. The van der Waals surface area contributed by atoms with E-state index in [2.05, 4.69) is 20.5 Å². The second-order valence-electron chi connectivity index (χ2n) is 5.51. The zero-order valence-electron chi connectivity index (χ0n) is 14.3. The predicted octanol–water partition coefficient (Wildman–Crippen LogP) is 3.74. The maximum Gasteiger partial charge on any atom is 0.417 e. The lowest BCUT2D eigenvalue weighted by molar-refractivity contribution is -0.137. The van der Waals surface area contributed by atoms with Crippen molar-refractivity contribution in [2.45, 2.75) is 37.4 Å². The van der Waals surface area contributed by atoms with Crippen molar-refractivity contribution in [1.29, 1.82) is 0 Å². The number of thioether (sulfide) groups is 1. The zero-order chi connectivity index (χ0) is 19.3. The van der Waals surface area contributed by atoms with Crippen molar-refractivity contribution in [1.82, 2.24) is 15.4 Å². The normalized spacial score (nSPS) is 13.0. The Bertz CT molecular complexity index is 804. The SMILES string of the molecule is Cc1cc(C)nc(SC(C)C(=O)NN=Cc2ccccc2C(F)(F)F)n1. The van der Waals surface area contributed by atoms with Crippen molar-refractivity contribution in [3.05, 3.63) is 52.8 Å². The highest BCUT2D eigenvalue weighted by Crippen LogP contribution is 2.31. The summed E-state index contributed by atoms with van der Waals surface area (Å²) < 4.78 is 38.7. The number of alkyl halides is 3. The van der Waals surface area contributed by atoms with Gasteiger partial charge in [0, 0.05) is 17.0 Å².